The summed E-state index contributed by atoms with van der Waals surface area (Å²) in [6.07, 6.45) is -2.18. The molecule has 0 aliphatic carbocycles. The van der Waals surface area contributed by atoms with Crippen molar-refractivity contribution in [1.29, 1.82) is 0 Å². The second kappa shape index (κ2) is 7.95. The van der Waals surface area contributed by atoms with Gasteiger partial charge >= 0.3 is 12.3 Å². The minimum absolute atomic E-state index is 0.0297. The SMILES string of the molecule is CCOC(=O)CSc1nccc(-c2cc(OC(F)(F)F)ccn2)n1. The zero-order valence-electron chi connectivity index (χ0n) is 12.4. The molecule has 0 saturated carbocycles. The number of esters is 1. The number of pyridine rings is 1. The van der Waals surface area contributed by atoms with E-state index < -0.39 is 18.1 Å². The molecule has 0 aliphatic heterocycles. The summed E-state index contributed by atoms with van der Waals surface area (Å²) in [5.74, 6) is -0.774. The summed E-state index contributed by atoms with van der Waals surface area (Å²) in [5.41, 5.74) is 0.501. The Morgan fingerprint density at radius 3 is 2.67 bits per heavy atom. The van der Waals surface area contributed by atoms with E-state index in [-0.39, 0.29) is 23.2 Å². The summed E-state index contributed by atoms with van der Waals surface area (Å²) in [4.78, 5) is 23.4. The predicted molar refractivity (Wildman–Crippen MR) is 79.3 cm³/mol. The zero-order chi connectivity index (χ0) is 17.6. The third-order valence-corrected chi connectivity index (χ3v) is 3.32. The number of aromatic nitrogens is 3. The van der Waals surface area contributed by atoms with Crippen molar-refractivity contribution < 1.29 is 27.4 Å². The molecule has 2 aromatic rings. The quantitative estimate of drug-likeness (QED) is 0.446. The summed E-state index contributed by atoms with van der Waals surface area (Å²) in [6, 6.07) is 3.71. The van der Waals surface area contributed by atoms with Gasteiger partial charge in [-0.15, -0.1) is 13.2 Å². The molecule has 0 saturated heterocycles. The van der Waals surface area contributed by atoms with Crippen molar-refractivity contribution in [3.05, 3.63) is 30.6 Å². The number of hydrogen-bond donors (Lipinski definition) is 0. The van der Waals surface area contributed by atoms with Gasteiger partial charge in [0.2, 0.25) is 0 Å². The van der Waals surface area contributed by atoms with Gasteiger partial charge in [0.1, 0.15) is 5.75 Å². The van der Waals surface area contributed by atoms with E-state index in [0.29, 0.717) is 5.69 Å². The minimum Gasteiger partial charge on any atom is -0.465 e. The Balaban J connectivity index is 2.13. The van der Waals surface area contributed by atoms with E-state index in [1.807, 2.05) is 0 Å². The lowest BCUT2D eigenvalue weighted by Gasteiger charge is -2.09. The molecule has 10 heteroatoms. The Bertz CT molecular complexity index is 713. The number of carbonyl (C=O) groups is 1. The lowest BCUT2D eigenvalue weighted by molar-refractivity contribution is -0.274. The summed E-state index contributed by atoms with van der Waals surface area (Å²) in [7, 11) is 0. The molecule has 0 amide bonds. The van der Waals surface area contributed by atoms with Gasteiger partial charge in [-0.05, 0) is 19.1 Å². The first-order valence-corrected chi connectivity index (χ1v) is 7.69. The predicted octanol–water partition coefficient (Wildman–Crippen LogP) is 3.09. The van der Waals surface area contributed by atoms with E-state index in [9.17, 15) is 18.0 Å². The average molecular weight is 359 g/mol. The first-order valence-electron chi connectivity index (χ1n) is 6.71. The van der Waals surface area contributed by atoms with Crippen LogP contribution in [-0.4, -0.2) is 39.6 Å². The van der Waals surface area contributed by atoms with Gasteiger partial charge < -0.3 is 9.47 Å². The minimum atomic E-state index is -4.79. The number of thioether (sulfide) groups is 1. The van der Waals surface area contributed by atoms with Gasteiger partial charge in [-0.3, -0.25) is 9.78 Å². The molecule has 0 bridgehead atoms. The van der Waals surface area contributed by atoms with Gasteiger partial charge in [0.15, 0.2) is 5.16 Å². The maximum Gasteiger partial charge on any atom is 0.573 e. The van der Waals surface area contributed by atoms with Gasteiger partial charge in [-0.1, -0.05) is 11.8 Å². The Labute approximate surface area is 139 Å². The number of alkyl halides is 3. The molecule has 0 spiro atoms. The number of rotatable bonds is 6. The fourth-order valence-corrected chi connectivity index (χ4v) is 2.26. The summed E-state index contributed by atoms with van der Waals surface area (Å²) in [5, 5.41) is 0.282. The highest BCUT2D eigenvalue weighted by atomic mass is 32.2. The summed E-state index contributed by atoms with van der Waals surface area (Å²) in [6.45, 7) is 1.97. The molecule has 0 N–H and O–H groups in total. The van der Waals surface area contributed by atoms with Crippen LogP contribution in [0.3, 0.4) is 0 Å². The van der Waals surface area contributed by atoms with Crippen LogP contribution in [0.1, 0.15) is 6.92 Å². The number of ether oxygens (including phenoxy) is 2. The van der Waals surface area contributed by atoms with E-state index in [2.05, 4.69) is 19.7 Å². The van der Waals surface area contributed by atoms with E-state index >= 15 is 0 Å². The van der Waals surface area contributed by atoms with Gasteiger partial charge in [0.25, 0.3) is 0 Å². The van der Waals surface area contributed by atoms with Gasteiger partial charge in [-0.2, -0.15) is 0 Å². The first-order chi connectivity index (χ1) is 11.4. The monoisotopic (exact) mass is 359 g/mol. The van der Waals surface area contributed by atoms with E-state index in [1.165, 1.54) is 18.5 Å². The van der Waals surface area contributed by atoms with Crippen LogP contribution in [0.2, 0.25) is 0 Å². The van der Waals surface area contributed by atoms with Crippen molar-refractivity contribution in [3.63, 3.8) is 0 Å². The molecule has 0 radical (unpaired) electrons. The lowest BCUT2D eigenvalue weighted by Crippen LogP contribution is -2.17. The van der Waals surface area contributed by atoms with Crippen molar-refractivity contribution in [3.8, 4) is 17.1 Å². The molecule has 0 aromatic carbocycles. The summed E-state index contributed by atoms with van der Waals surface area (Å²) >= 11 is 1.06. The third kappa shape index (κ3) is 5.69. The van der Waals surface area contributed by atoms with Crippen molar-refractivity contribution >= 4 is 17.7 Å². The smallest absolute Gasteiger partial charge is 0.465 e. The van der Waals surface area contributed by atoms with Crippen molar-refractivity contribution in [1.82, 2.24) is 15.0 Å². The number of hydrogen-bond acceptors (Lipinski definition) is 7. The fourth-order valence-electron chi connectivity index (χ4n) is 1.63. The molecule has 0 unspecified atom stereocenters. The molecule has 24 heavy (non-hydrogen) atoms. The van der Waals surface area contributed by atoms with Crippen molar-refractivity contribution in [2.45, 2.75) is 18.4 Å². The van der Waals surface area contributed by atoms with Crippen LogP contribution in [0.4, 0.5) is 13.2 Å². The van der Waals surface area contributed by atoms with Gasteiger partial charge in [0, 0.05) is 18.5 Å². The molecule has 128 valence electrons. The average Bonchev–Trinajstić information content (AvgIpc) is 2.52. The maximum atomic E-state index is 12.3. The van der Waals surface area contributed by atoms with Crippen LogP contribution in [0.15, 0.2) is 35.7 Å². The van der Waals surface area contributed by atoms with Crippen molar-refractivity contribution in [2.75, 3.05) is 12.4 Å². The maximum absolute atomic E-state index is 12.3. The molecule has 6 nitrogen and oxygen atoms in total. The largest absolute Gasteiger partial charge is 0.573 e. The van der Waals surface area contributed by atoms with Gasteiger partial charge in [-0.25, -0.2) is 9.97 Å². The molecule has 0 aliphatic rings. The van der Waals surface area contributed by atoms with Crippen LogP contribution in [0.25, 0.3) is 11.4 Å². The Kier molecular flexibility index (Phi) is 5.96. The lowest BCUT2D eigenvalue weighted by atomic mass is 10.2. The zero-order valence-corrected chi connectivity index (χ0v) is 13.2. The normalized spacial score (nSPS) is 11.2. The molecule has 0 fully saturated rings. The second-order valence-corrected chi connectivity index (χ2v) is 5.19. The highest BCUT2D eigenvalue weighted by Gasteiger charge is 2.31. The standard InChI is InChI=1S/C14H12F3N3O3S/c1-2-22-12(21)8-24-13-19-6-4-10(20-13)11-7-9(3-5-18-11)23-14(15,16)17/h3-7H,2,8H2,1H3. The number of carbonyl (C=O) groups excluding carboxylic acids is 1. The highest BCUT2D eigenvalue weighted by molar-refractivity contribution is 7.99. The van der Waals surface area contributed by atoms with Crippen molar-refractivity contribution in [2.24, 2.45) is 0 Å². The first kappa shape index (κ1) is 18.0. The Hall–Kier alpha value is -2.36. The Morgan fingerprint density at radius 2 is 1.96 bits per heavy atom. The van der Waals surface area contributed by atoms with Crippen LogP contribution >= 0.6 is 11.8 Å². The van der Waals surface area contributed by atoms with Crippen LogP contribution in [-0.2, 0) is 9.53 Å². The van der Waals surface area contributed by atoms with Crippen LogP contribution in [0, 0.1) is 0 Å². The van der Waals surface area contributed by atoms with E-state index in [4.69, 9.17) is 4.74 Å². The molecule has 2 rings (SSSR count). The van der Waals surface area contributed by atoms with E-state index in [1.54, 1.807) is 6.92 Å². The molecule has 0 atom stereocenters. The molecular weight excluding hydrogens is 347 g/mol. The third-order valence-electron chi connectivity index (χ3n) is 2.49. The highest BCUT2D eigenvalue weighted by Crippen LogP contribution is 2.26. The number of halogens is 3. The van der Waals surface area contributed by atoms with Crippen LogP contribution < -0.4 is 4.74 Å². The molecular formula is C14H12F3N3O3S. The number of nitrogens with zero attached hydrogens (tertiary/aromatic N) is 3. The fraction of sp³-hybridized carbons (Fsp3) is 0.286. The Morgan fingerprint density at radius 1 is 1.21 bits per heavy atom. The van der Waals surface area contributed by atoms with Crippen LogP contribution in [0.5, 0.6) is 5.75 Å². The topological polar surface area (TPSA) is 74.2 Å². The summed E-state index contributed by atoms with van der Waals surface area (Å²) < 4.78 is 45.4. The molecule has 2 heterocycles. The van der Waals surface area contributed by atoms with Gasteiger partial charge in [0.05, 0.1) is 23.7 Å². The molecule has 2 aromatic heterocycles. The second-order valence-electron chi connectivity index (χ2n) is 4.24. The van der Waals surface area contributed by atoms with E-state index in [0.717, 1.165) is 23.9 Å².